The van der Waals surface area contributed by atoms with Crippen LogP contribution < -0.4 is 5.32 Å². The highest BCUT2D eigenvalue weighted by Gasteiger charge is 2.40. The van der Waals surface area contributed by atoms with Crippen LogP contribution in [0.4, 0.5) is 24.5 Å². The number of halogens is 3. The zero-order valence-electron chi connectivity index (χ0n) is 10.9. The summed E-state index contributed by atoms with van der Waals surface area (Å²) in [6.07, 6.45) is -1.78. The van der Waals surface area contributed by atoms with E-state index in [1.54, 1.807) is 0 Å². The lowest BCUT2D eigenvalue weighted by Gasteiger charge is -2.14. The molecule has 1 aliphatic rings. The topological polar surface area (TPSA) is 55.2 Å². The largest absolute Gasteiger partial charge is 0.418 e. The van der Waals surface area contributed by atoms with Gasteiger partial charge in [0.25, 0.3) is 5.69 Å². The van der Waals surface area contributed by atoms with Crippen molar-refractivity contribution in [2.24, 2.45) is 5.92 Å². The molecular weight excluding hydrogens is 273 g/mol. The molecule has 0 radical (unpaired) electrons. The second-order valence-electron chi connectivity index (χ2n) is 5.02. The average molecular weight is 288 g/mol. The van der Waals surface area contributed by atoms with Crippen molar-refractivity contribution in [1.29, 1.82) is 0 Å². The van der Waals surface area contributed by atoms with Crippen molar-refractivity contribution in [2.45, 2.75) is 38.4 Å². The van der Waals surface area contributed by atoms with Crippen molar-refractivity contribution >= 4 is 11.4 Å². The van der Waals surface area contributed by atoms with Gasteiger partial charge in [-0.05, 0) is 24.8 Å². The minimum absolute atomic E-state index is 0.0394. The summed E-state index contributed by atoms with van der Waals surface area (Å²) >= 11 is 0. The van der Waals surface area contributed by atoms with Crippen LogP contribution in [-0.2, 0) is 6.18 Å². The van der Waals surface area contributed by atoms with Gasteiger partial charge in [0.15, 0.2) is 0 Å². The van der Waals surface area contributed by atoms with E-state index in [9.17, 15) is 23.3 Å². The molecule has 0 spiro atoms. The number of benzene rings is 1. The first-order chi connectivity index (χ1) is 9.32. The summed E-state index contributed by atoms with van der Waals surface area (Å²) < 4.78 is 38.8. The molecule has 0 heterocycles. The van der Waals surface area contributed by atoms with Crippen LogP contribution in [0.3, 0.4) is 0 Å². The van der Waals surface area contributed by atoms with Gasteiger partial charge in [0.1, 0.15) is 0 Å². The Labute approximate surface area is 114 Å². The number of rotatable bonds is 5. The first-order valence-corrected chi connectivity index (χ1v) is 6.45. The van der Waals surface area contributed by atoms with Crippen molar-refractivity contribution in [2.75, 3.05) is 5.32 Å². The first kappa shape index (κ1) is 14.6. The number of anilines is 1. The Hall–Kier alpha value is -1.79. The van der Waals surface area contributed by atoms with Gasteiger partial charge in [-0.15, -0.1) is 0 Å². The van der Waals surface area contributed by atoms with Gasteiger partial charge in [0.2, 0.25) is 0 Å². The molecule has 2 rings (SSSR count). The van der Waals surface area contributed by atoms with Crippen LogP contribution in [0, 0.1) is 16.0 Å². The SMILES string of the molecule is CCCC1CC1Nc1ccc([N+](=O)[O-])cc1C(F)(F)F. The molecular formula is C13H15F3N2O2. The number of nitrogens with one attached hydrogen (secondary N) is 1. The highest BCUT2D eigenvalue weighted by Crippen LogP contribution is 2.42. The van der Waals surface area contributed by atoms with Gasteiger partial charge in [0, 0.05) is 23.9 Å². The summed E-state index contributed by atoms with van der Waals surface area (Å²) in [4.78, 5) is 9.76. The van der Waals surface area contributed by atoms with Crippen LogP contribution >= 0.6 is 0 Å². The Morgan fingerprint density at radius 2 is 2.15 bits per heavy atom. The fraction of sp³-hybridized carbons (Fsp3) is 0.538. The molecule has 7 heteroatoms. The Morgan fingerprint density at radius 3 is 2.70 bits per heavy atom. The summed E-state index contributed by atoms with van der Waals surface area (Å²) in [6.45, 7) is 2.03. The Morgan fingerprint density at radius 1 is 1.45 bits per heavy atom. The number of nitro groups is 1. The summed E-state index contributed by atoms with van der Waals surface area (Å²) in [7, 11) is 0. The maximum absolute atomic E-state index is 12.9. The zero-order chi connectivity index (χ0) is 14.9. The minimum atomic E-state index is -4.61. The maximum atomic E-state index is 12.9. The summed E-state index contributed by atoms with van der Waals surface area (Å²) in [5, 5.41) is 13.4. The van der Waals surface area contributed by atoms with E-state index < -0.39 is 22.4 Å². The van der Waals surface area contributed by atoms with Crippen molar-refractivity contribution in [3.63, 3.8) is 0 Å². The lowest BCUT2D eigenvalue weighted by Crippen LogP contribution is -2.13. The molecule has 110 valence electrons. The molecule has 1 fully saturated rings. The Bertz CT molecular complexity index is 517. The standard InChI is InChI=1S/C13H15F3N2O2/c1-2-3-8-6-12(8)17-11-5-4-9(18(19)20)7-10(11)13(14,15)16/h4-5,7-8,12,17H,2-3,6H2,1H3. The van der Waals surface area contributed by atoms with E-state index in [1.165, 1.54) is 0 Å². The van der Waals surface area contributed by atoms with Crippen LogP contribution in [-0.4, -0.2) is 11.0 Å². The third kappa shape index (κ3) is 3.20. The van der Waals surface area contributed by atoms with Gasteiger partial charge in [0.05, 0.1) is 10.5 Å². The molecule has 0 aromatic heterocycles. The van der Waals surface area contributed by atoms with Gasteiger partial charge in [-0.25, -0.2) is 0 Å². The molecule has 1 aromatic rings. The number of nitro benzene ring substituents is 1. The number of nitrogens with zero attached hydrogens (tertiary/aromatic N) is 1. The molecule has 1 saturated carbocycles. The van der Waals surface area contributed by atoms with E-state index in [-0.39, 0.29) is 11.7 Å². The second kappa shape index (κ2) is 5.30. The second-order valence-corrected chi connectivity index (χ2v) is 5.02. The molecule has 0 bridgehead atoms. The van der Waals surface area contributed by atoms with E-state index >= 15 is 0 Å². The fourth-order valence-electron chi connectivity index (χ4n) is 2.32. The van der Waals surface area contributed by atoms with E-state index in [0.717, 1.165) is 31.4 Å². The van der Waals surface area contributed by atoms with Crippen LogP contribution in [0.15, 0.2) is 18.2 Å². The number of non-ortho nitro benzene ring substituents is 1. The zero-order valence-corrected chi connectivity index (χ0v) is 10.9. The maximum Gasteiger partial charge on any atom is 0.418 e. The quantitative estimate of drug-likeness (QED) is 0.652. The molecule has 2 unspecified atom stereocenters. The lowest BCUT2D eigenvalue weighted by molar-refractivity contribution is -0.385. The first-order valence-electron chi connectivity index (χ1n) is 6.45. The minimum Gasteiger partial charge on any atom is -0.382 e. The summed E-state index contributed by atoms with van der Waals surface area (Å²) in [6, 6.07) is 2.86. The van der Waals surface area contributed by atoms with Gasteiger partial charge < -0.3 is 5.32 Å². The fourth-order valence-corrected chi connectivity index (χ4v) is 2.32. The number of hydrogen-bond donors (Lipinski definition) is 1. The number of hydrogen-bond acceptors (Lipinski definition) is 3. The molecule has 1 N–H and O–H groups in total. The van der Waals surface area contributed by atoms with Gasteiger partial charge in [-0.3, -0.25) is 10.1 Å². The Kier molecular flexibility index (Phi) is 3.87. The van der Waals surface area contributed by atoms with Crippen LogP contribution in [0.2, 0.25) is 0 Å². The van der Waals surface area contributed by atoms with Crippen LogP contribution in [0.1, 0.15) is 31.7 Å². The smallest absolute Gasteiger partial charge is 0.382 e. The third-order valence-electron chi connectivity index (χ3n) is 3.44. The molecule has 0 saturated heterocycles. The van der Waals surface area contributed by atoms with Crippen molar-refractivity contribution in [1.82, 2.24) is 0 Å². The predicted octanol–water partition coefficient (Wildman–Crippen LogP) is 4.21. The molecule has 1 aliphatic carbocycles. The summed E-state index contributed by atoms with van der Waals surface area (Å²) in [5.74, 6) is 0.399. The van der Waals surface area contributed by atoms with Gasteiger partial charge in [-0.2, -0.15) is 13.2 Å². The van der Waals surface area contributed by atoms with E-state index in [2.05, 4.69) is 5.32 Å². The van der Waals surface area contributed by atoms with E-state index in [0.29, 0.717) is 12.0 Å². The Balaban J connectivity index is 2.22. The lowest BCUT2D eigenvalue weighted by atomic mass is 10.1. The van der Waals surface area contributed by atoms with Crippen molar-refractivity contribution < 1.29 is 18.1 Å². The van der Waals surface area contributed by atoms with Crippen molar-refractivity contribution in [3.05, 3.63) is 33.9 Å². The molecule has 1 aromatic carbocycles. The van der Waals surface area contributed by atoms with Crippen LogP contribution in [0.25, 0.3) is 0 Å². The van der Waals surface area contributed by atoms with Crippen molar-refractivity contribution in [3.8, 4) is 0 Å². The monoisotopic (exact) mass is 288 g/mol. The molecule has 4 nitrogen and oxygen atoms in total. The molecule has 20 heavy (non-hydrogen) atoms. The van der Waals surface area contributed by atoms with Gasteiger partial charge >= 0.3 is 6.18 Å². The van der Waals surface area contributed by atoms with E-state index in [4.69, 9.17) is 0 Å². The number of alkyl halides is 3. The highest BCUT2D eigenvalue weighted by molar-refractivity contribution is 5.58. The van der Waals surface area contributed by atoms with Gasteiger partial charge in [-0.1, -0.05) is 13.3 Å². The molecule has 0 aliphatic heterocycles. The van der Waals surface area contributed by atoms with Crippen LogP contribution in [0.5, 0.6) is 0 Å². The third-order valence-corrected chi connectivity index (χ3v) is 3.44. The highest BCUT2D eigenvalue weighted by atomic mass is 19.4. The average Bonchev–Trinajstić information content (AvgIpc) is 3.06. The normalized spacial score (nSPS) is 21.6. The molecule has 2 atom stereocenters. The molecule has 0 amide bonds. The summed E-state index contributed by atoms with van der Waals surface area (Å²) in [5.41, 5.74) is -1.61. The van der Waals surface area contributed by atoms with E-state index in [1.807, 2.05) is 6.92 Å². The predicted molar refractivity (Wildman–Crippen MR) is 68.5 cm³/mol.